The molecule has 0 spiro atoms. The smallest absolute Gasteiger partial charge is 0.254 e. The first-order valence-electron chi connectivity index (χ1n) is 7.07. The van der Waals surface area contributed by atoms with Crippen LogP contribution in [0, 0.1) is 18.8 Å². The van der Waals surface area contributed by atoms with Gasteiger partial charge in [0.05, 0.1) is 12.2 Å². The van der Waals surface area contributed by atoms with Gasteiger partial charge in [-0.3, -0.25) is 4.79 Å². The fraction of sp³-hybridized carbons (Fsp3) is 0.471. The Balaban J connectivity index is 2.27. The molecule has 21 heavy (non-hydrogen) atoms. The third-order valence-corrected chi connectivity index (χ3v) is 3.58. The Morgan fingerprint density at radius 2 is 2.24 bits per heavy atom. The predicted molar refractivity (Wildman–Crippen MR) is 81.1 cm³/mol. The summed E-state index contributed by atoms with van der Waals surface area (Å²) in [6.07, 6.45) is 0. The minimum Gasteiger partial charge on any atom is -0.384 e. The normalized spacial score (nSPS) is 17.0. The van der Waals surface area contributed by atoms with E-state index in [1.807, 2.05) is 43.9 Å². The average molecular weight is 287 g/mol. The predicted octanol–water partition coefficient (Wildman–Crippen LogP) is 1.59. The van der Waals surface area contributed by atoms with E-state index < -0.39 is 0 Å². The number of hydrogen-bond donors (Lipinski definition) is 1. The number of aliphatic hydroxyl groups excluding tert-OH is 1. The van der Waals surface area contributed by atoms with Gasteiger partial charge in [-0.25, -0.2) is 0 Å². The molecule has 2 rings (SSSR count). The third-order valence-electron chi connectivity index (χ3n) is 3.58. The first kappa shape index (κ1) is 15.6. The van der Waals surface area contributed by atoms with E-state index in [4.69, 9.17) is 9.84 Å². The molecule has 0 saturated carbocycles. The molecular weight excluding hydrogens is 266 g/mol. The van der Waals surface area contributed by atoms with E-state index in [1.165, 1.54) is 0 Å². The maximum atomic E-state index is 12.7. The average Bonchev–Trinajstić information content (AvgIpc) is 2.44. The Hall–Kier alpha value is -1.83. The molecule has 4 nitrogen and oxygen atoms in total. The molecule has 0 atom stereocenters. The number of rotatable bonds is 1. The van der Waals surface area contributed by atoms with Crippen molar-refractivity contribution in [3.05, 3.63) is 34.9 Å². The van der Waals surface area contributed by atoms with Gasteiger partial charge in [0.1, 0.15) is 6.61 Å². The molecule has 0 aliphatic carbocycles. The molecule has 4 heteroatoms. The third kappa shape index (κ3) is 3.63. The molecule has 1 amide bonds. The van der Waals surface area contributed by atoms with Crippen molar-refractivity contribution in [3.8, 4) is 11.8 Å². The largest absolute Gasteiger partial charge is 0.384 e. The number of nitrogens with zero attached hydrogens (tertiary/aromatic N) is 1. The first-order chi connectivity index (χ1) is 9.94. The van der Waals surface area contributed by atoms with E-state index in [0.29, 0.717) is 25.3 Å². The van der Waals surface area contributed by atoms with Crippen LogP contribution in [0.1, 0.15) is 35.3 Å². The lowest BCUT2D eigenvalue weighted by molar-refractivity contribution is -0.0764. The second kappa shape index (κ2) is 6.30. The Bertz CT molecular complexity index is 596. The van der Waals surface area contributed by atoms with Crippen molar-refractivity contribution >= 4 is 5.91 Å². The highest BCUT2D eigenvalue weighted by Gasteiger charge is 2.30. The van der Waals surface area contributed by atoms with Gasteiger partial charge in [-0.2, -0.15) is 0 Å². The lowest BCUT2D eigenvalue weighted by atomic mass is 10.00. The zero-order valence-corrected chi connectivity index (χ0v) is 12.8. The molecule has 0 bridgehead atoms. The molecule has 1 heterocycles. The SMILES string of the molecule is Cc1c(C#CCO)cccc1C(=O)N1CCOC(C)(C)C1. The summed E-state index contributed by atoms with van der Waals surface area (Å²) in [7, 11) is 0. The van der Waals surface area contributed by atoms with Crippen molar-refractivity contribution < 1.29 is 14.6 Å². The van der Waals surface area contributed by atoms with Crippen molar-refractivity contribution in [2.24, 2.45) is 0 Å². The van der Waals surface area contributed by atoms with E-state index in [1.54, 1.807) is 0 Å². The molecule has 1 aliphatic heterocycles. The van der Waals surface area contributed by atoms with Crippen molar-refractivity contribution in [1.82, 2.24) is 4.90 Å². The van der Waals surface area contributed by atoms with Crippen LogP contribution in [-0.2, 0) is 4.74 Å². The quantitative estimate of drug-likeness (QED) is 0.798. The summed E-state index contributed by atoms with van der Waals surface area (Å²) < 4.78 is 5.64. The number of ether oxygens (including phenoxy) is 1. The Kier molecular flexibility index (Phi) is 4.66. The maximum absolute atomic E-state index is 12.7. The summed E-state index contributed by atoms with van der Waals surface area (Å²) >= 11 is 0. The highest BCUT2D eigenvalue weighted by molar-refractivity contribution is 5.96. The fourth-order valence-electron chi connectivity index (χ4n) is 2.50. The molecule has 0 unspecified atom stereocenters. The van der Waals surface area contributed by atoms with Crippen LogP contribution in [0.3, 0.4) is 0 Å². The summed E-state index contributed by atoms with van der Waals surface area (Å²) in [6, 6.07) is 5.51. The highest BCUT2D eigenvalue weighted by atomic mass is 16.5. The number of benzene rings is 1. The highest BCUT2D eigenvalue weighted by Crippen LogP contribution is 2.21. The summed E-state index contributed by atoms with van der Waals surface area (Å²) in [5, 5.41) is 8.80. The minimum atomic E-state index is -0.309. The minimum absolute atomic E-state index is 0.0107. The van der Waals surface area contributed by atoms with Crippen molar-refractivity contribution in [2.45, 2.75) is 26.4 Å². The Morgan fingerprint density at radius 1 is 1.48 bits per heavy atom. The molecule has 1 saturated heterocycles. The van der Waals surface area contributed by atoms with Crippen molar-refractivity contribution in [2.75, 3.05) is 26.3 Å². The number of aliphatic hydroxyl groups is 1. The molecule has 1 aromatic carbocycles. The molecule has 1 fully saturated rings. The number of hydrogen-bond acceptors (Lipinski definition) is 3. The number of carbonyl (C=O) groups excluding carboxylic acids is 1. The second-order valence-corrected chi connectivity index (χ2v) is 5.77. The monoisotopic (exact) mass is 287 g/mol. The Morgan fingerprint density at radius 3 is 2.90 bits per heavy atom. The summed E-state index contributed by atoms with van der Waals surface area (Å²) in [5.74, 6) is 5.52. The molecule has 1 aliphatic rings. The summed E-state index contributed by atoms with van der Waals surface area (Å²) in [5.41, 5.74) is 1.99. The van der Waals surface area contributed by atoms with E-state index >= 15 is 0 Å². The van der Waals surface area contributed by atoms with Crippen LogP contribution in [0.25, 0.3) is 0 Å². The van der Waals surface area contributed by atoms with E-state index in [0.717, 1.165) is 11.1 Å². The van der Waals surface area contributed by atoms with Gasteiger partial charge in [0.2, 0.25) is 0 Å². The number of morpholine rings is 1. The van der Waals surface area contributed by atoms with Crippen LogP contribution >= 0.6 is 0 Å². The van der Waals surface area contributed by atoms with E-state index in [2.05, 4.69) is 11.8 Å². The molecule has 1 N–H and O–H groups in total. The van der Waals surface area contributed by atoms with Gasteiger partial charge >= 0.3 is 0 Å². The topological polar surface area (TPSA) is 49.8 Å². The maximum Gasteiger partial charge on any atom is 0.254 e. The van der Waals surface area contributed by atoms with Gasteiger partial charge in [-0.1, -0.05) is 17.9 Å². The lowest BCUT2D eigenvalue weighted by Crippen LogP contribution is -2.50. The van der Waals surface area contributed by atoms with Gasteiger partial charge < -0.3 is 14.7 Å². The number of carbonyl (C=O) groups is 1. The van der Waals surface area contributed by atoms with Crippen LogP contribution in [0.2, 0.25) is 0 Å². The van der Waals surface area contributed by atoms with E-state index in [9.17, 15) is 4.79 Å². The first-order valence-corrected chi connectivity index (χ1v) is 7.07. The van der Waals surface area contributed by atoms with Crippen LogP contribution in [0.4, 0.5) is 0 Å². The summed E-state index contributed by atoms with van der Waals surface area (Å²) in [6.45, 7) is 7.42. The van der Waals surface area contributed by atoms with Gasteiger partial charge in [0, 0.05) is 24.2 Å². The van der Waals surface area contributed by atoms with Gasteiger partial charge in [0.25, 0.3) is 5.91 Å². The number of amides is 1. The Labute approximate surface area is 125 Å². The van der Waals surface area contributed by atoms with Gasteiger partial charge in [-0.05, 0) is 38.5 Å². The molecule has 0 aromatic heterocycles. The van der Waals surface area contributed by atoms with Crippen LogP contribution in [0.5, 0.6) is 0 Å². The second-order valence-electron chi connectivity index (χ2n) is 5.77. The van der Waals surface area contributed by atoms with Crippen molar-refractivity contribution in [1.29, 1.82) is 0 Å². The summed E-state index contributed by atoms with van der Waals surface area (Å²) in [4.78, 5) is 14.5. The standard InChI is InChI=1S/C17H21NO3/c1-13-14(7-5-10-19)6-4-8-15(13)16(20)18-9-11-21-17(2,3)12-18/h4,6,8,19H,9-12H2,1-3H3. The molecular formula is C17H21NO3. The van der Waals surface area contributed by atoms with Gasteiger partial charge in [0.15, 0.2) is 0 Å². The van der Waals surface area contributed by atoms with Crippen LogP contribution < -0.4 is 0 Å². The van der Waals surface area contributed by atoms with E-state index in [-0.39, 0.29) is 18.1 Å². The molecule has 1 aromatic rings. The zero-order chi connectivity index (χ0) is 15.5. The zero-order valence-electron chi connectivity index (χ0n) is 12.8. The van der Waals surface area contributed by atoms with Crippen molar-refractivity contribution in [3.63, 3.8) is 0 Å². The van der Waals surface area contributed by atoms with Crippen LogP contribution in [-0.4, -0.2) is 47.8 Å². The lowest BCUT2D eigenvalue weighted by Gasteiger charge is -2.38. The molecule has 0 radical (unpaired) electrons. The fourth-order valence-corrected chi connectivity index (χ4v) is 2.50. The van der Waals surface area contributed by atoms with Gasteiger partial charge in [-0.15, -0.1) is 0 Å². The molecule has 112 valence electrons. The van der Waals surface area contributed by atoms with Crippen LogP contribution in [0.15, 0.2) is 18.2 Å².